The number of anilines is 2. The number of halogens is 2. The predicted molar refractivity (Wildman–Crippen MR) is 195 cm³/mol. The van der Waals surface area contributed by atoms with Gasteiger partial charge in [0, 0.05) is 99.3 Å². The van der Waals surface area contributed by atoms with Crippen molar-refractivity contribution in [3.8, 4) is 0 Å². The number of carbonyl (C=O) groups is 2. The molecule has 0 radical (unpaired) electrons. The highest BCUT2D eigenvalue weighted by Crippen LogP contribution is 2.43. The van der Waals surface area contributed by atoms with Gasteiger partial charge >= 0.3 is 5.97 Å². The normalized spacial score (nSPS) is 21.9. The third-order valence-electron chi connectivity index (χ3n) is 11.5. The summed E-state index contributed by atoms with van der Waals surface area (Å²) < 4.78 is 33.1. The van der Waals surface area contributed by atoms with Crippen LogP contribution < -0.4 is 10.6 Å². The molecule has 2 aromatic heterocycles. The van der Waals surface area contributed by atoms with Crippen molar-refractivity contribution in [2.45, 2.75) is 89.8 Å². The quantitative estimate of drug-likeness (QED) is 0.266. The van der Waals surface area contributed by atoms with Gasteiger partial charge in [0.05, 0.1) is 30.4 Å². The molecule has 1 saturated heterocycles. The van der Waals surface area contributed by atoms with E-state index in [-0.39, 0.29) is 34.8 Å². The molecule has 0 atom stereocenters. The van der Waals surface area contributed by atoms with Crippen molar-refractivity contribution in [3.63, 3.8) is 0 Å². The summed E-state index contributed by atoms with van der Waals surface area (Å²) >= 11 is 0. The average molecular weight is 718 g/mol. The molecule has 14 heteroatoms. The number of amides is 1. The minimum Gasteiger partial charge on any atom is -0.478 e. The van der Waals surface area contributed by atoms with Crippen molar-refractivity contribution in [3.05, 3.63) is 64.1 Å². The summed E-state index contributed by atoms with van der Waals surface area (Å²) in [6.07, 6.45) is 11.8. The molecule has 52 heavy (non-hydrogen) atoms. The predicted octanol–water partition coefficient (Wildman–Crippen LogP) is 5.77. The van der Waals surface area contributed by atoms with Crippen molar-refractivity contribution in [2.75, 3.05) is 44.7 Å². The fourth-order valence-electron chi connectivity index (χ4n) is 8.71. The van der Waals surface area contributed by atoms with Crippen molar-refractivity contribution < 1.29 is 23.5 Å². The summed E-state index contributed by atoms with van der Waals surface area (Å²) in [6.45, 7) is 6.33. The zero-order chi connectivity index (χ0) is 36.5. The number of rotatable bonds is 9. The van der Waals surface area contributed by atoms with E-state index in [4.69, 9.17) is 10.8 Å². The number of piperidine rings is 1. The van der Waals surface area contributed by atoms with Crippen molar-refractivity contribution in [1.82, 2.24) is 29.4 Å². The largest absolute Gasteiger partial charge is 0.478 e. The van der Waals surface area contributed by atoms with Gasteiger partial charge in [-0.15, -0.1) is 0 Å². The maximum absolute atomic E-state index is 14.5. The lowest BCUT2D eigenvalue weighted by Gasteiger charge is -2.37. The molecule has 5 heterocycles. The van der Waals surface area contributed by atoms with Gasteiger partial charge in [-0.1, -0.05) is 0 Å². The number of carboxylic acid groups (broad SMARTS) is 1. The number of carboxylic acids is 1. The number of allylic oxidation sites excluding steroid dienone is 1. The molecular formula is C38H49F2N9O3. The number of aromatic carboxylic acids is 1. The number of nitrogens with two attached hydrogens (primary N) is 1. The summed E-state index contributed by atoms with van der Waals surface area (Å²) in [7, 11) is 1.61. The molecule has 3 aliphatic heterocycles. The van der Waals surface area contributed by atoms with Gasteiger partial charge in [0.15, 0.2) is 5.82 Å². The number of likely N-dealkylation sites (tertiary alicyclic amines) is 1. The van der Waals surface area contributed by atoms with Gasteiger partial charge in [-0.3, -0.25) is 19.2 Å². The number of aryl methyl sites for hydroxylation is 1. The van der Waals surface area contributed by atoms with E-state index in [1.807, 2.05) is 9.58 Å². The summed E-state index contributed by atoms with van der Waals surface area (Å²) in [5, 5.41) is 18.9. The Morgan fingerprint density at radius 3 is 2.50 bits per heavy atom. The van der Waals surface area contributed by atoms with Crippen LogP contribution in [-0.4, -0.2) is 92.3 Å². The van der Waals surface area contributed by atoms with Gasteiger partial charge in [0.1, 0.15) is 0 Å². The Morgan fingerprint density at radius 2 is 1.83 bits per heavy atom. The second-order valence-electron chi connectivity index (χ2n) is 14.8. The Hall–Kier alpha value is -4.59. The highest BCUT2D eigenvalue weighted by Gasteiger charge is 2.35. The Balaban J connectivity index is 1.08. The topological polar surface area (TPSA) is 138 Å². The lowest BCUT2D eigenvalue weighted by atomic mass is 9.85. The van der Waals surface area contributed by atoms with Crippen LogP contribution in [0.4, 0.5) is 20.3 Å². The summed E-state index contributed by atoms with van der Waals surface area (Å²) in [4.78, 5) is 34.3. The average Bonchev–Trinajstić information content (AvgIpc) is 3.80. The number of carbonyl (C=O) groups excluding carboxylic acids is 1. The Labute approximate surface area is 302 Å². The van der Waals surface area contributed by atoms with E-state index in [0.717, 1.165) is 99.3 Å². The highest BCUT2D eigenvalue weighted by molar-refractivity contribution is 5.87. The monoisotopic (exact) mass is 717 g/mol. The molecule has 1 aliphatic carbocycles. The van der Waals surface area contributed by atoms with Gasteiger partial charge < -0.3 is 25.5 Å². The number of hydrogen-bond acceptors (Lipinski definition) is 8. The maximum atomic E-state index is 14.5. The molecule has 1 amide bonds. The van der Waals surface area contributed by atoms with Crippen LogP contribution in [0.5, 0.6) is 0 Å². The van der Waals surface area contributed by atoms with Gasteiger partial charge in [0.2, 0.25) is 5.91 Å². The van der Waals surface area contributed by atoms with Crippen molar-refractivity contribution >= 4 is 35.3 Å². The number of benzene rings is 1. The molecule has 0 spiro atoms. The zero-order valence-electron chi connectivity index (χ0n) is 30.1. The van der Waals surface area contributed by atoms with Gasteiger partial charge in [0.25, 0.3) is 6.43 Å². The summed E-state index contributed by atoms with van der Waals surface area (Å²) in [5.74, 6) is 0.444. The number of aromatic nitrogens is 4. The Morgan fingerprint density at radius 1 is 1.06 bits per heavy atom. The standard InChI is InChI=1S/C38H49F2N9O3/c1-24(50)46-17-12-34-32(23-46)37(47-14-3-4-26-18-30(33(41)9-13-42-2)31(36(39)40)19-35(26)47)44-49(34)29-10-15-45(16-11-29)21-25-5-7-28(8-6-25)48-22-27(20-43-48)38(51)52/h9,13,18-20,22,25,28-29,36H,3-8,10-12,14-17,21,23,41H2,1-2H3,(H,51,52). The molecule has 3 N–H and O–H groups in total. The maximum Gasteiger partial charge on any atom is 0.338 e. The van der Waals surface area contributed by atoms with Crippen LogP contribution >= 0.6 is 0 Å². The summed E-state index contributed by atoms with van der Waals surface area (Å²) in [5.41, 5.74) is 10.8. The molecule has 278 valence electrons. The molecule has 0 unspecified atom stereocenters. The number of hydrogen-bond donors (Lipinski definition) is 2. The Kier molecular flexibility index (Phi) is 10.4. The second kappa shape index (κ2) is 15.2. The molecule has 7 rings (SSSR count). The van der Waals surface area contributed by atoms with Crippen LogP contribution in [0, 0.1) is 5.92 Å². The van der Waals surface area contributed by atoms with Crippen LogP contribution in [0.2, 0.25) is 0 Å². The molecule has 2 fully saturated rings. The SMILES string of the molecule is CN=CC=C(N)c1cc2c(cc1C(F)F)N(c1nn(C3CCN(CC4CCC(n5cc(C(=O)O)cn5)CC4)CC3)c3c1CN(C(C)=O)CC3)CCC2. The third-order valence-corrected chi connectivity index (χ3v) is 11.5. The van der Waals surface area contributed by atoms with E-state index in [0.29, 0.717) is 37.5 Å². The first-order valence-corrected chi connectivity index (χ1v) is 18.6. The van der Waals surface area contributed by atoms with Crippen LogP contribution in [-0.2, 0) is 24.2 Å². The molecule has 3 aromatic rings. The van der Waals surface area contributed by atoms with E-state index >= 15 is 0 Å². The number of fused-ring (bicyclic) bond motifs is 2. The molecule has 4 aliphatic rings. The molecule has 0 bridgehead atoms. The van der Waals surface area contributed by atoms with Crippen LogP contribution in [0.25, 0.3) is 5.70 Å². The third kappa shape index (κ3) is 7.22. The van der Waals surface area contributed by atoms with Crippen molar-refractivity contribution in [2.24, 2.45) is 16.6 Å². The molecule has 1 saturated carbocycles. The van der Waals surface area contributed by atoms with Crippen LogP contribution in [0.3, 0.4) is 0 Å². The van der Waals surface area contributed by atoms with E-state index < -0.39 is 12.4 Å². The van der Waals surface area contributed by atoms with E-state index in [9.17, 15) is 23.5 Å². The zero-order valence-corrected chi connectivity index (χ0v) is 30.1. The van der Waals surface area contributed by atoms with Gasteiger partial charge in [-0.05, 0) is 81.1 Å². The van der Waals surface area contributed by atoms with Crippen molar-refractivity contribution in [1.29, 1.82) is 0 Å². The highest BCUT2D eigenvalue weighted by atomic mass is 19.3. The number of nitrogens with zero attached hydrogens (tertiary/aromatic N) is 8. The first-order valence-electron chi connectivity index (χ1n) is 18.6. The Bertz CT molecular complexity index is 1850. The van der Waals surface area contributed by atoms with Crippen LogP contribution in [0.15, 0.2) is 35.6 Å². The first kappa shape index (κ1) is 35.8. The van der Waals surface area contributed by atoms with E-state index in [2.05, 4.69) is 24.6 Å². The van der Waals surface area contributed by atoms with E-state index in [1.54, 1.807) is 38.4 Å². The number of aliphatic imine (C=N–C) groups is 1. The molecular weight excluding hydrogens is 668 g/mol. The fraction of sp³-hybridized carbons (Fsp3) is 0.553. The minimum atomic E-state index is -2.71. The lowest BCUT2D eigenvalue weighted by molar-refractivity contribution is -0.129. The van der Waals surface area contributed by atoms with Gasteiger partial charge in [-0.2, -0.15) is 10.2 Å². The molecule has 12 nitrogen and oxygen atoms in total. The number of alkyl halides is 2. The minimum absolute atomic E-state index is 0.0166. The second-order valence-corrected chi connectivity index (χ2v) is 14.8. The van der Waals surface area contributed by atoms with E-state index in [1.165, 1.54) is 12.4 Å². The molecule has 1 aromatic carbocycles. The fourth-order valence-corrected chi connectivity index (χ4v) is 8.71. The smallest absolute Gasteiger partial charge is 0.338 e. The lowest BCUT2D eigenvalue weighted by Crippen LogP contribution is -2.40. The van der Waals surface area contributed by atoms with Crippen LogP contribution in [0.1, 0.15) is 109 Å². The first-order chi connectivity index (χ1) is 25.1. The van der Waals surface area contributed by atoms with Gasteiger partial charge in [-0.25, -0.2) is 13.6 Å². The summed E-state index contributed by atoms with van der Waals surface area (Å²) in [6, 6.07) is 3.86.